The number of fused-ring (bicyclic) bond motifs is 6. The molecule has 262 valence electrons. The topological polar surface area (TPSA) is 43.3 Å². The van der Waals surface area contributed by atoms with Crippen LogP contribution in [0.25, 0.3) is 105 Å². The molecule has 3 aromatic heterocycles. The molecule has 4 nitrogen and oxygen atoms in total. The summed E-state index contributed by atoms with van der Waals surface area (Å²) in [6.45, 7) is 0. The Kier molecular flexibility index (Phi) is 7.46. The van der Waals surface area contributed by atoms with Crippen molar-refractivity contribution >= 4 is 38.4 Å². The van der Waals surface area contributed by atoms with Crippen LogP contribution in [0, 0.1) is 0 Å². The predicted molar refractivity (Wildman–Crippen MR) is 230 cm³/mol. The maximum absolute atomic E-state index is 6.78. The van der Waals surface area contributed by atoms with E-state index in [-0.39, 0.29) is 0 Å². The van der Waals surface area contributed by atoms with E-state index in [1.54, 1.807) is 0 Å². The summed E-state index contributed by atoms with van der Waals surface area (Å²) in [4.78, 5) is 0. The second-order valence-electron chi connectivity index (χ2n) is 14.3. The van der Waals surface area contributed by atoms with E-state index in [9.17, 15) is 0 Å². The van der Waals surface area contributed by atoms with Gasteiger partial charge in [-0.05, 0) is 97.9 Å². The molecule has 0 fully saturated rings. The normalized spacial score (nSPS) is 11.6. The molecule has 0 N–H and O–H groups in total. The van der Waals surface area contributed by atoms with Gasteiger partial charge in [-0.15, -0.1) is 10.2 Å². The third kappa shape index (κ3) is 5.47. The van der Waals surface area contributed by atoms with Crippen molar-refractivity contribution in [1.29, 1.82) is 0 Å². The van der Waals surface area contributed by atoms with Gasteiger partial charge in [0.25, 0.3) is 0 Å². The first kappa shape index (κ1) is 31.9. The number of pyridine rings is 1. The number of rotatable bonds is 6. The van der Waals surface area contributed by atoms with Gasteiger partial charge in [0.15, 0.2) is 11.5 Å². The lowest BCUT2D eigenvalue weighted by atomic mass is 9.93. The van der Waals surface area contributed by atoms with Gasteiger partial charge in [0.1, 0.15) is 11.2 Å². The zero-order valence-corrected chi connectivity index (χ0v) is 30.3. The van der Waals surface area contributed by atoms with Crippen LogP contribution in [0.1, 0.15) is 0 Å². The van der Waals surface area contributed by atoms with Crippen molar-refractivity contribution in [1.82, 2.24) is 14.6 Å². The summed E-state index contributed by atoms with van der Waals surface area (Å²) >= 11 is 0. The molecule has 0 spiro atoms. The number of furan rings is 1. The molecule has 0 radical (unpaired) electrons. The summed E-state index contributed by atoms with van der Waals surface area (Å²) in [6.07, 6.45) is 2.05. The maximum atomic E-state index is 6.78. The van der Waals surface area contributed by atoms with E-state index in [1.807, 2.05) is 12.1 Å². The van der Waals surface area contributed by atoms with Crippen molar-refractivity contribution in [2.75, 3.05) is 0 Å². The third-order valence-corrected chi connectivity index (χ3v) is 10.9. The van der Waals surface area contributed by atoms with Crippen LogP contribution in [0.2, 0.25) is 0 Å². The fourth-order valence-electron chi connectivity index (χ4n) is 8.07. The predicted octanol–water partition coefficient (Wildman–Crippen LogP) is 13.8. The summed E-state index contributed by atoms with van der Waals surface area (Å²) in [7, 11) is 0. The molecule has 0 saturated heterocycles. The average molecular weight is 716 g/mol. The third-order valence-electron chi connectivity index (χ3n) is 10.9. The van der Waals surface area contributed by atoms with E-state index in [2.05, 4.69) is 203 Å². The van der Waals surface area contributed by atoms with Crippen LogP contribution in [-0.2, 0) is 0 Å². The molecule has 3 heterocycles. The zero-order valence-electron chi connectivity index (χ0n) is 30.3. The number of nitrogens with zero attached hydrogens (tertiary/aromatic N) is 3. The Balaban J connectivity index is 1.06. The average Bonchev–Trinajstić information content (AvgIpc) is 3.89. The zero-order chi connectivity index (χ0) is 37.0. The molecule has 0 atom stereocenters. The molecule has 0 saturated carbocycles. The Morgan fingerprint density at radius 1 is 0.357 bits per heavy atom. The Hall–Kier alpha value is -7.56. The van der Waals surface area contributed by atoms with Crippen LogP contribution in [0.15, 0.2) is 205 Å². The van der Waals surface area contributed by atoms with Crippen molar-refractivity contribution in [2.45, 2.75) is 0 Å². The number of hydrogen-bond donors (Lipinski definition) is 0. The number of aromatic nitrogens is 3. The van der Waals surface area contributed by atoms with Gasteiger partial charge in [0.2, 0.25) is 0 Å². The van der Waals surface area contributed by atoms with Gasteiger partial charge < -0.3 is 4.42 Å². The van der Waals surface area contributed by atoms with Crippen LogP contribution in [0.5, 0.6) is 0 Å². The Morgan fingerprint density at radius 2 is 0.911 bits per heavy atom. The minimum atomic E-state index is 0.807. The first-order valence-corrected chi connectivity index (χ1v) is 18.9. The van der Waals surface area contributed by atoms with Crippen molar-refractivity contribution in [3.8, 4) is 67.0 Å². The molecule has 56 heavy (non-hydrogen) atoms. The van der Waals surface area contributed by atoms with Gasteiger partial charge in [0, 0.05) is 33.5 Å². The molecule has 4 heteroatoms. The van der Waals surface area contributed by atoms with E-state index < -0.39 is 0 Å². The molecule has 8 aromatic carbocycles. The lowest BCUT2D eigenvalue weighted by Crippen LogP contribution is -1.90. The first-order chi connectivity index (χ1) is 27.7. The molecule has 11 aromatic rings. The molecule has 0 aliphatic carbocycles. The Labute approximate surface area is 323 Å². The van der Waals surface area contributed by atoms with E-state index >= 15 is 0 Å². The summed E-state index contributed by atoms with van der Waals surface area (Å²) in [6, 6.07) is 68.8. The second kappa shape index (κ2) is 13.1. The summed E-state index contributed by atoms with van der Waals surface area (Å²) in [5.41, 5.74) is 15.0. The van der Waals surface area contributed by atoms with Crippen LogP contribution < -0.4 is 0 Å². The fraction of sp³-hybridized carbons (Fsp3) is 0. The monoisotopic (exact) mass is 715 g/mol. The highest BCUT2D eigenvalue weighted by Crippen LogP contribution is 2.42. The van der Waals surface area contributed by atoms with Crippen molar-refractivity contribution in [3.05, 3.63) is 200 Å². The quantitative estimate of drug-likeness (QED) is 0.172. The Bertz CT molecular complexity index is 3230. The van der Waals surface area contributed by atoms with E-state index in [0.717, 1.165) is 77.6 Å². The largest absolute Gasteiger partial charge is 0.455 e. The lowest BCUT2D eigenvalue weighted by molar-refractivity contribution is 0.670. The molecule has 0 bridgehead atoms. The highest BCUT2D eigenvalue weighted by atomic mass is 16.3. The molecule has 0 aliphatic heterocycles. The van der Waals surface area contributed by atoms with Crippen molar-refractivity contribution in [2.24, 2.45) is 0 Å². The Morgan fingerprint density at radius 3 is 1.62 bits per heavy atom. The van der Waals surface area contributed by atoms with Gasteiger partial charge in [-0.3, -0.25) is 4.40 Å². The fourth-order valence-corrected chi connectivity index (χ4v) is 8.07. The number of benzene rings is 8. The minimum Gasteiger partial charge on any atom is -0.455 e. The van der Waals surface area contributed by atoms with Crippen molar-refractivity contribution in [3.63, 3.8) is 0 Å². The standard InChI is InChI=1S/C52H33N3O/c1-3-11-34(12-4-1)39-16-9-18-41(29-39)43-25-26-49-47(31-43)48-33-44(42-19-10-17-40(30-42)35-13-5-2-6-14-35)32-46(50(48)56-49)37-21-23-38(24-22-37)51-53-54-52-45-20-8-7-15-36(45)27-28-55(51)52/h1-33H. The molecule has 0 unspecified atom stereocenters. The molecular formula is C52H33N3O. The highest BCUT2D eigenvalue weighted by Gasteiger charge is 2.18. The van der Waals surface area contributed by atoms with Crippen LogP contribution >= 0.6 is 0 Å². The summed E-state index contributed by atoms with van der Waals surface area (Å²) in [5, 5.41) is 13.6. The smallest absolute Gasteiger partial charge is 0.168 e. The van der Waals surface area contributed by atoms with Gasteiger partial charge in [-0.2, -0.15) is 0 Å². The van der Waals surface area contributed by atoms with E-state index in [0.29, 0.717) is 0 Å². The SMILES string of the molecule is c1ccc(-c2cccc(-c3ccc4oc5c(-c6ccc(-c7nnc8c9ccccc9ccn78)cc6)cc(-c6cccc(-c7ccccc7)c6)cc5c4c3)c2)cc1. The summed E-state index contributed by atoms with van der Waals surface area (Å²) in [5.74, 6) is 0.807. The van der Waals surface area contributed by atoms with Crippen molar-refractivity contribution < 1.29 is 4.42 Å². The molecule has 11 rings (SSSR count). The van der Waals surface area contributed by atoms with Gasteiger partial charge >= 0.3 is 0 Å². The second-order valence-corrected chi connectivity index (χ2v) is 14.3. The van der Waals surface area contributed by atoms with Crippen LogP contribution in [0.4, 0.5) is 0 Å². The lowest BCUT2D eigenvalue weighted by Gasteiger charge is -2.11. The van der Waals surface area contributed by atoms with E-state index in [4.69, 9.17) is 4.42 Å². The van der Waals surface area contributed by atoms with Gasteiger partial charge in [-0.25, -0.2) is 0 Å². The van der Waals surface area contributed by atoms with Crippen LogP contribution in [0.3, 0.4) is 0 Å². The van der Waals surface area contributed by atoms with Gasteiger partial charge in [-0.1, -0.05) is 152 Å². The summed E-state index contributed by atoms with van der Waals surface area (Å²) < 4.78 is 8.85. The van der Waals surface area contributed by atoms with Gasteiger partial charge in [0.05, 0.1) is 0 Å². The highest BCUT2D eigenvalue weighted by molar-refractivity contribution is 6.12. The van der Waals surface area contributed by atoms with E-state index in [1.165, 1.54) is 27.8 Å². The molecular weight excluding hydrogens is 683 g/mol. The first-order valence-electron chi connectivity index (χ1n) is 18.9. The molecule has 0 aliphatic rings. The maximum Gasteiger partial charge on any atom is 0.168 e. The minimum absolute atomic E-state index is 0.807. The number of hydrogen-bond acceptors (Lipinski definition) is 3. The molecule has 0 amide bonds. The van der Waals surface area contributed by atoms with Crippen LogP contribution in [-0.4, -0.2) is 14.6 Å².